The van der Waals surface area contributed by atoms with E-state index in [4.69, 9.17) is 0 Å². The molecule has 0 atom stereocenters. The van der Waals surface area contributed by atoms with Crippen LogP contribution in [0.4, 0.5) is 0 Å². The van der Waals surface area contributed by atoms with Gasteiger partial charge in [-0.15, -0.1) is 11.3 Å². The Balaban J connectivity index is 1.52. The number of aromatic nitrogens is 1. The van der Waals surface area contributed by atoms with E-state index in [2.05, 4.69) is 27.6 Å². The Morgan fingerprint density at radius 2 is 1.92 bits per heavy atom. The van der Waals surface area contributed by atoms with Crippen molar-refractivity contribution in [3.8, 4) is 0 Å². The molecule has 3 rings (SSSR count). The molecule has 1 heterocycles. The standard InChI is InChI=1S/C19H19N3OS2/c1-2-15(12-14-8-4-3-5-9-14)21-22-18(23)13-24-19-20-16-10-6-7-11-17(16)25-19/h3-11H,2,12-13H2,1H3,(H,22,23). The van der Waals surface area contributed by atoms with Gasteiger partial charge in [-0.25, -0.2) is 10.4 Å². The van der Waals surface area contributed by atoms with Crippen LogP contribution in [0.15, 0.2) is 64.0 Å². The van der Waals surface area contributed by atoms with Crippen LogP contribution in [0, 0.1) is 0 Å². The third-order valence-corrected chi connectivity index (χ3v) is 5.78. The summed E-state index contributed by atoms with van der Waals surface area (Å²) in [4.78, 5) is 16.6. The van der Waals surface area contributed by atoms with E-state index in [-0.39, 0.29) is 5.91 Å². The Bertz CT molecular complexity index is 842. The van der Waals surface area contributed by atoms with E-state index < -0.39 is 0 Å². The van der Waals surface area contributed by atoms with Gasteiger partial charge in [0.05, 0.1) is 16.0 Å². The number of thioether (sulfide) groups is 1. The van der Waals surface area contributed by atoms with E-state index >= 15 is 0 Å². The molecule has 0 aliphatic heterocycles. The number of carbonyl (C=O) groups excluding carboxylic acids is 1. The maximum atomic E-state index is 12.0. The Hall–Kier alpha value is -2.18. The second-order valence-corrected chi connectivity index (χ2v) is 7.72. The molecule has 2 aromatic carbocycles. The fourth-order valence-electron chi connectivity index (χ4n) is 2.29. The molecule has 0 radical (unpaired) electrons. The highest BCUT2D eigenvalue weighted by Gasteiger charge is 2.07. The molecular formula is C19H19N3OS2. The summed E-state index contributed by atoms with van der Waals surface area (Å²) in [6.45, 7) is 2.05. The van der Waals surface area contributed by atoms with E-state index in [0.29, 0.717) is 5.75 Å². The van der Waals surface area contributed by atoms with Gasteiger partial charge >= 0.3 is 0 Å². The Kier molecular flexibility index (Phi) is 6.19. The fraction of sp³-hybridized carbons (Fsp3) is 0.211. The number of amides is 1. The molecular weight excluding hydrogens is 350 g/mol. The van der Waals surface area contributed by atoms with E-state index in [1.807, 2.05) is 49.4 Å². The zero-order chi connectivity index (χ0) is 17.5. The first kappa shape index (κ1) is 17.6. The third kappa shape index (κ3) is 5.14. The van der Waals surface area contributed by atoms with Gasteiger partial charge in [0.15, 0.2) is 4.34 Å². The minimum atomic E-state index is -0.108. The quantitative estimate of drug-likeness (QED) is 0.379. The van der Waals surface area contributed by atoms with Gasteiger partial charge in [0.2, 0.25) is 0 Å². The molecule has 3 aromatic rings. The number of carbonyl (C=O) groups is 1. The fourth-order valence-corrected chi connectivity index (χ4v) is 4.15. The van der Waals surface area contributed by atoms with Crippen molar-refractivity contribution in [1.29, 1.82) is 0 Å². The molecule has 0 fully saturated rings. The van der Waals surface area contributed by atoms with Gasteiger partial charge in [-0.2, -0.15) is 5.10 Å². The average molecular weight is 370 g/mol. The van der Waals surface area contributed by atoms with Crippen molar-refractivity contribution in [3.05, 3.63) is 60.2 Å². The van der Waals surface area contributed by atoms with E-state index in [0.717, 1.165) is 33.1 Å². The number of benzene rings is 2. The first-order chi connectivity index (χ1) is 12.2. The second-order valence-electron chi connectivity index (χ2n) is 5.47. The molecule has 4 nitrogen and oxygen atoms in total. The summed E-state index contributed by atoms with van der Waals surface area (Å²) in [6, 6.07) is 18.1. The van der Waals surface area contributed by atoms with Crippen molar-refractivity contribution >= 4 is 44.9 Å². The van der Waals surface area contributed by atoms with Crippen LogP contribution in [-0.4, -0.2) is 22.4 Å². The SMILES string of the molecule is CCC(Cc1ccccc1)=NNC(=O)CSc1nc2ccccc2s1. The predicted molar refractivity (Wildman–Crippen MR) is 106 cm³/mol. The van der Waals surface area contributed by atoms with Gasteiger partial charge in [0.25, 0.3) is 5.91 Å². The lowest BCUT2D eigenvalue weighted by molar-refractivity contribution is -0.118. The lowest BCUT2D eigenvalue weighted by Crippen LogP contribution is -2.22. The van der Waals surface area contributed by atoms with Crippen LogP contribution in [0.1, 0.15) is 18.9 Å². The molecule has 6 heteroatoms. The summed E-state index contributed by atoms with van der Waals surface area (Å²) < 4.78 is 2.04. The van der Waals surface area contributed by atoms with Crippen molar-refractivity contribution in [2.75, 3.05) is 5.75 Å². The van der Waals surface area contributed by atoms with Crippen LogP contribution in [0.2, 0.25) is 0 Å². The molecule has 1 N–H and O–H groups in total. The first-order valence-electron chi connectivity index (χ1n) is 8.11. The number of hydrogen-bond acceptors (Lipinski definition) is 5. The van der Waals surface area contributed by atoms with Crippen LogP contribution in [0.25, 0.3) is 10.2 Å². The summed E-state index contributed by atoms with van der Waals surface area (Å²) in [5.74, 6) is 0.203. The monoisotopic (exact) mass is 369 g/mol. The summed E-state index contributed by atoms with van der Waals surface area (Å²) in [5, 5.41) is 4.28. The van der Waals surface area contributed by atoms with E-state index in [1.54, 1.807) is 11.3 Å². The smallest absolute Gasteiger partial charge is 0.250 e. The van der Waals surface area contributed by atoms with Gasteiger partial charge in [-0.05, 0) is 24.1 Å². The van der Waals surface area contributed by atoms with Crippen molar-refractivity contribution in [1.82, 2.24) is 10.4 Å². The third-order valence-electron chi connectivity index (χ3n) is 3.60. The summed E-state index contributed by atoms with van der Waals surface area (Å²) in [7, 11) is 0. The number of nitrogens with zero attached hydrogens (tertiary/aromatic N) is 2. The summed E-state index contributed by atoms with van der Waals surface area (Å²) in [5.41, 5.74) is 5.80. The van der Waals surface area contributed by atoms with Crippen molar-refractivity contribution in [3.63, 3.8) is 0 Å². The Labute approximate surface area is 155 Å². The minimum absolute atomic E-state index is 0.108. The molecule has 128 valence electrons. The minimum Gasteiger partial charge on any atom is -0.272 e. The van der Waals surface area contributed by atoms with Crippen molar-refractivity contribution < 1.29 is 4.79 Å². The van der Waals surface area contributed by atoms with E-state index in [9.17, 15) is 4.79 Å². The highest BCUT2D eigenvalue weighted by Crippen LogP contribution is 2.28. The normalized spacial score (nSPS) is 11.6. The molecule has 0 aliphatic carbocycles. The van der Waals surface area contributed by atoms with Gasteiger partial charge in [-0.3, -0.25) is 4.79 Å². The average Bonchev–Trinajstić information content (AvgIpc) is 3.07. The second kappa shape index (κ2) is 8.78. The zero-order valence-electron chi connectivity index (χ0n) is 13.9. The van der Waals surface area contributed by atoms with Crippen LogP contribution in [0.3, 0.4) is 0 Å². The number of rotatable bonds is 7. The maximum absolute atomic E-state index is 12.0. The van der Waals surface area contributed by atoms with Crippen molar-refractivity contribution in [2.45, 2.75) is 24.1 Å². The molecule has 25 heavy (non-hydrogen) atoms. The molecule has 0 unspecified atom stereocenters. The molecule has 1 amide bonds. The zero-order valence-corrected chi connectivity index (χ0v) is 15.6. The topological polar surface area (TPSA) is 54.4 Å². The number of nitrogens with one attached hydrogen (secondary N) is 1. The first-order valence-corrected chi connectivity index (χ1v) is 9.91. The van der Waals surface area contributed by atoms with Crippen LogP contribution < -0.4 is 5.43 Å². The number of hydrogen-bond donors (Lipinski definition) is 1. The number of para-hydroxylation sites is 1. The molecule has 0 aliphatic rings. The van der Waals surface area contributed by atoms with Gasteiger partial charge in [0.1, 0.15) is 0 Å². The van der Waals surface area contributed by atoms with Crippen LogP contribution in [0.5, 0.6) is 0 Å². The Morgan fingerprint density at radius 3 is 2.68 bits per heavy atom. The summed E-state index contributed by atoms with van der Waals surface area (Å²) in [6.07, 6.45) is 1.56. The number of thiazole rings is 1. The maximum Gasteiger partial charge on any atom is 0.250 e. The lowest BCUT2D eigenvalue weighted by atomic mass is 10.1. The number of hydrazone groups is 1. The van der Waals surface area contributed by atoms with Crippen LogP contribution in [-0.2, 0) is 11.2 Å². The molecule has 1 aromatic heterocycles. The largest absolute Gasteiger partial charge is 0.272 e. The van der Waals surface area contributed by atoms with Crippen molar-refractivity contribution in [2.24, 2.45) is 5.10 Å². The highest BCUT2D eigenvalue weighted by atomic mass is 32.2. The highest BCUT2D eigenvalue weighted by molar-refractivity contribution is 8.01. The molecule has 0 spiro atoms. The lowest BCUT2D eigenvalue weighted by Gasteiger charge is -2.05. The van der Waals surface area contributed by atoms with Gasteiger partial charge in [-0.1, -0.05) is 61.2 Å². The van der Waals surface area contributed by atoms with Crippen LogP contribution >= 0.6 is 23.1 Å². The Morgan fingerprint density at radius 1 is 1.16 bits per heavy atom. The molecule has 0 saturated carbocycles. The van der Waals surface area contributed by atoms with Gasteiger partial charge < -0.3 is 0 Å². The molecule has 0 saturated heterocycles. The summed E-state index contributed by atoms with van der Waals surface area (Å²) >= 11 is 3.05. The number of fused-ring (bicyclic) bond motifs is 1. The van der Waals surface area contributed by atoms with Gasteiger partial charge in [0, 0.05) is 12.1 Å². The molecule has 0 bridgehead atoms. The van der Waals surface area contributed by atoms with E-state index in [1.165, 1.54) is 17.3 Å². The predicted octanol–water partition coefficient (Wildman–Crippen LogP) is 4.51.